The highest BCUT2D eigenvalue weighted by Crippen LogP contribution is 2.34. The molecule has 0 spiro atoms. The number of aromatic nitrogens is 2. The fourth-order valence-corrected chi connectivity index (χ4v) is 4.13. The van der Waals surface area contributed by atoms with Crippen LogP contribution in [-0.2, 0) is 0 Å². The summed E-state index contributed by atoms with van der Waals surface area (Å²) in [5.74, 6) is 0.755. The summed E-state index contributed by atoms with van der Waals surface area (Å²) in [6, 6.07) is 4.19. The van der Waals surface area contributed by atoms with Crippen LogP contribution in [0.4, 0.5) is 10.2 Å². The topological polar surface area (TPSA) is 41.5 Å². The molecule has 24 heavy (non-hydrogen) atoms. The second-order valence-electron chi connectivity index (χ2n) is 6.71. The lowest BCUT2D eigenvalue weighted by atomic mass is 10.0. The summed E-state index contributed by atoms with van der Waals surface area (Å²) in [6.07, 6.45) is 5.12. The van der Waals surface area contributed by atoms with E-state index in [1.807, 2.05) is 0 Å². The van der Waals surface area contributed by atoms with Crippen molar-refractivity contribution >= 4 is 16.7 Å². The second kappa shape index (κ2) is 6.16. The Balaban J connectivity index is 1.79. The molecule has 2 aliphatic rings. The van der Waals surface area contributed by atoms with Crippen molar-refractivity contribution in [2.75, 3.05) is 31.6 Å². The molecule has 0 radical (unpaired) electrons. The molecule has 1 aromatic heterocycles. The van der Waals surface area contributed by atoms with Crippen molar-refractivity contribution in [3.8, 4) is 5.75 Å². The lowest BCUT2D eigenvalue weighted by Crippen LogP contribution is -2.56. The number of anilines is 1. The SMILES string of the molecule is CCC1CN2CCCC2CN1c1ncnc2cc(F)c(OC)cc12. The number of rotatable bonds is 3. The molecule has 0 N–H and O–H groups in total. The summed E-state index contributed by atoms with van der Waals surface area (Å²) >= 11 is 0. The fraction of sp³-hybridized carbons (Fsp3) is 0.556. The van der Waals surface area contributed by atoms with Crippen LogP contribution in [0.15, 0.2) is 18.5 Å². The van der Waals surface area contributed by atoms with Gasteiger partial charge >= 0.3 is 0 Å². The van der Waals surface area contributed by atoms with E-state index in [2.05, 4.69) is 26.7 Å². The van der Waals surface area contributed by atoms with E-state index in [1.165, 1.54) is 38.9 Å². The van der Waals surface area contributed by atoms with Crippen molar-refractivity contribution in [3.63, 3.8) is 0 Å². The number of ether oxygens (including phenoxy) is 1. The number of methoxy groups -OCH3 is 1. The van der Waals surface area contributed by atoms with E-state index in [0.717, 1.165) is 30.7 Å². The second-order valence-corrected chi connectivity index (χ2v) is 6.71. The number of hydrogen-bond donors (Lipinski definition) is 0. The van der Waals surface area contributed by atoms with Crippen LogP contribution in [0.1, 0.15) is 26.2 Å². The first-order valence-corrected chi connectivity index (χ1v) is 8.70. The molecule has 5 nitrogen and oxygen atoms in total. The molecular weight excluding hydrogens is 307 g/mol. The molecule has 2 saturated heterocycles. The number of hydrogen-bond acceptors (Lipinski definition) is 5. The molecule has 0 saturated carbocycles. The molecule has 4 rings (SSSR count). The van der Waals surface area contributed by atoms with Gasteiger partial charge in [-0.1, -0.05) is 6.92 Å². The molecule has 0 bridgehead atoms. The minimum absolute atomic E-state index is 0.242. The van der Waals surface area contributed by atoms with E-state index in [4.69, 9.17) is 4.74 Å². The van der Waals surface area contributed by atoms with Gasteiger partial charge in [0.2, 0.25) is 0 Å². The molecule has 2 aliphatic heterocycles. The van der Waals surface area contributed by atoms with Gasteiger partial charge in [0.25, 0.3) is 0 Å². The van der Waals surface area contributed by atoms with E-state index in [0.29, 0.717) is 17.6 Å². The van der Waals surface area contributed by atoms with Gasteiger partial charge in [-0.25, -0.2) is 14.4 Å². The number of nitrogens with zero attached hydrogens (tertiary/aromatic N) is 4. The number of piperazine rings is 1. The Labute approximate surface area is 141 Å². The van der Waals surface area contributed by atoms with Crippen molar-refractivity contribution in [2.45, 2.75) is 38.3 Å². The van der Waals surface area contributed by atoms with Crippen molar-refractivity contribution < 1.29 is 9.13 Å². The van der Waals surface area contributed by atoms with Gasteiger partial charge in [0.15, 0.2) is 11.6 Å². The van der Waals surface area contributed by atoms with E-state index in [1.54, 1.807) is 6.07 Å². The Bertz CT molecular complexity index is 753. The maximum absolute atomic E-state index is 14.0. The number of benzene rings is 1. The Morgan fingerprint density at radius 2 is 2.17 bits per heavy atom. The first kappa shape index (κ1) is 15.6. The van der Waals surface area contributed by atoms with Gasteiger partial charge in [-0.3, -0.25) is 4.90 Å². The zero-order valence-corrected chi connectivity index (χ0v) is 14.2. The molecule has 1 aromatic carbocycles. The summed E-state index contributed by atoms with van der Waals surface area (Å²) in [4.78, 5) is 13.8. The van der Waals surface area contributed by atoms with Crippen LogP contribution in [-0.4, -0.2) is 53.7 Å². The normalized spacial score (nSPS) is 24.4. The van der Waals surface area contributed by atoms with Gasteiger partial charge < -0.3 is 9.64 Å². The number of halogens is 1. The lowest BCUT2D eigenvalue weighted by Gasteiger charge is -2.44. The van der Waals surface area contributed by atoms with Gasteiger partial charge in [-0.05, 0) is 31.9 Å². The van der Waals surface area contributed by atoms with E-state index in [-0.39, 0.29) is 11.6 Å². The van der Waals surface area contributed by atoms with Gasteiger partial charge in [0.1, 0.15) is 12.1 Å². The minimum atomic E-state index is -0.387. The third kappa shape index (κ3) is 2.49. The van der Waals surface area contributed by atoms with Crippen LogP contribution in [0.3, 0.4) is 0 Å². The van der Waals surface area contributed by atoms with Crippen LogP contribution in [0, 0.1) is 5.82 Å². The standard InChI is InChI=1S/C18H23FN4O/c1-3-12-9-22-6-4-5-13(22)10-23(12)18-14-7-17(24-2)15(19)8-16(14)20-11-21-18/h7-8,11-13H,3-6,9-10H2,1-2H3. The molecule has 6 heteroatoms. The summed E-state index contributed by atoms with van der Waals surface area (Å²) in [6.45, 7) is 5.48. The van der Waals surface area contributed by atoms with Crippen molar-refractivity contribution in [2.24, 2.45) is 0 Å². The van der Waals surface area contributed by atoms with Crippen molar-refractivity contribution in [1.29, 1.82) is 0 Å². The van der Waals surface area contributed by atoms with Crippen molar-refractivity contribution in [3.05, 3.63) is 24.3 Å². The average molecular weight is 330 g/mol. The van der Waals surface area contributed by atoms with E-state index in [9.17, 15) is 4.39 Å². The average Bonchev–Trinajstić information content (AvgIpc) is 3.06. The molecule has 2 aromatic rings. The van der Waals surface area contributed by atoms with Gasteiger partial charge in [0.05, 0.1) is 12.6 Å². The molecule has 2 fully saturated rings. The van der Waals surface area contributed by atoms with E-state index >= 15 is 0 Å². The zero-order valence-electron chi connectivity index (χ0n) is 14.2. The maximum Gasteiger partial charge on any atom is 0.167 e. The summed E-state index contributed by atoms with van der Waals surface area (Å²) in [5, 5.41) is 0.862. The Hall–Kier alpha value is -1.95. The smallest absolute Gasteiger partial charge is 0.167 e. The van der Waals surface area contributed by atoms with Crippen LogP contribution in [0.5, 0.6) is 5.75 Å². The Kier molecular flexibility index (Phi) is 4.00. The monoisotopic (exact) mass is 330 g/mol. The summed E-state index contributed by atoms with van der Waals surface area (Å²) < 4.78 is 19.2. The third-order valence-corrected chi connectivity index (χ3v) is 5.42. The largest absolute Gasteiger partial charge is 0.494 e. The highest BCUT2D eigenvalue weighted by molar-refractivity contribution is 5.90. The van der Waals surface area contributed by atoms with Gasteiger partial charge in [-0.15, -0.1) is 0 Å². The molecule has 128 valence electrons. The Morgan fingerprint density at radius 1 is 1.29 bits per heavy atom. The highest BCUT2D eigenvalue weighted by atomic mass is 19.1. The maximum atomic E-state index is 14.0. The molecular formula is C18H23FN4O. The van der Waals surface area contributed by atoms with Crippen LogP contribution in [0.25, 0.3) is 10.9 Å². The molecule has 3 heterocycles. The van der Waals surface area contributed by atoms with Gasteiger partial charge in [0, 0.05) is 36.6 Å². The first-order chi connectivity index (χ1) is 11.7. The van der Waals surface area contributed by atoms with Gasteiger partial charge in [-0.2, -0.15) is 0 Å². The molecule has 2 unspecified atom stereocenters. The third-order valence-electron chi connectivity index (χ3n) is 5.42. The van der Waals surface area contributed by atoms with Crippen LogP contribution < -0.4 is 9.64 Å². The number of fused-ring (bicyclic) bond motifs is 2. The predicted octanol–water partition coefficient (Wildman–Crippen LogP) is 2.84. The van der Waals surface area contributed by atoms with Crippen LogP contribution in [0.2, 0.25) is 0 Å². The highest BCUT2D eigenvalue weighted by Gasteiger charge is 2.36. The molecule has 0 amide bonds. The molecule has 0 aliphatic carbocycles. The first-order valence-electron chi connectivity index (χ1n) is 8.70. The van der Waals surface area contributed by atoms with Crippen molar-refractivity contribution in [1.82, 2.24) is 14.9 Å². The zero-order chi connectivity index (χ0) is 16.7. The van der Waals surface area contributed by atoms with E-state index < -0.39 is 0 Å². The quantitative estimate of drug-likeness (QED) is 0.866. The minimum Gasteiger partial charge on any atom is -0.494 e. The lowest BCUT2D eigenvalue weighted by molar-refractivity contribution is 0.194. The summed E-state index contributed by atoms with van der Waals surface area (Å²) in [7, 11) is 1.49. The predicted molar refractivity (Wildman–Crippen MR) is 92.1 cm³/mol. The summed E-state index contributed by atoms with van der Waals surface area (Å²) in [5.41, 5.74) is 0.627. The fourth-order valence-electron chi connectivity index (χ4n) is 4.13. The Morgan fingerprint density at radius 3 is 2.96 bits per heavy atom. The molecule has 2 atom stereocenters. The van der Waals surface area contributed by atoms with Crippen LogP contribution >= 0.6 is 0 Å².